The van der Waals surface area contributed by atoms with Crippen LogP contribution in [0.1, 0.15) is 45.1 Å². The lowest BCUT2D eigenvalue weighted by atomic mass is 9.80. The van der Waals surface area contributed by atoms with Crippen molar-refractivity contribution in [3.05, 3.63) is 34.9 Å². The number of carbonyl (C=O) groups excluding carboxylic acids is 1. The topological polar surface area (TPSA) is 127 Å². The number of carbonyl (C=O) groups is 1. The van der Waals surface area contributed by atoms with Crippen LogP contribution in [0.5, 0.6) is 0 Å². The lowest BCUT2D eigenvalue weighted by molar-refractivity contribution is -0.134. The summed E-state index contributed by atoms with van der Waals surface area (Å²) in [6.07, 6.45) is 1.68. The van der Waals surface area contributed by atoms with E-state index in [1.165, 1.54) is 0 Å². The molecule has 0 aromatic heterocycles. The van der Waals surface area contributed by atoms with E-state index in [4.69, 9.17) is 38.2 Å². The highest BCUT2D eigenvalue weighted by Crippen LogP contribution is 2.40. The molecule has 1 aromatic rings. The summed E-state index contributed by atoms with van der Waals surface area (Å²) >= 11 is 6.41. The molecule has 27 heavy (non-hydrogen) atoms. The van der Waals surface area contributed by atoms with Gasteiger partial charge in [-0.2, -0.15) is 0 Å². The number of aliphatic imine (C=N–C) groups is 1. The van der Waals surface area contributed by atoms with Gasteiger partial charge in [-0.25, -0.2) is 4.99 Å². The van der Waals surface area contributed by atoms with Crippen LogP contribution in [-0.2, 0) is 15.1 Å². The summed E-state index contributed by atoms with van der Waals surface area (Å²) < 4.78 is 5.85. The minimum absolute atomic E-state index is 0.0739. The predicted octanol–water partition coefficient (Wildman–Crippen LogP) is 2.31. The molecule has 0 saturated heterocycles. The van der Waals surface area contributed by atoms with Gasteiger partial charge in [-0.15, -0.1) is 0 Å². The van der Waals surface area contributed by atoms with Crippen molar-refractivity contribution in [3.63, 3.8) is 0 Å². The average Bonchev–Trinajstić information content (AvgIpc) is 2.66. The summed E-state index contributed by atoms with van der Waals surface area (Å²) in [5.41, 5.74) is 11.2. The van der Waals surface area contributed by atoms with Gasteiger partial charge in [0, 0.05) is 17.1 Å². The minimum Gasteiger partial charge on any atom is -0.468 e. The molecule has 0 radical (unpaired) electrons. The fourth-order valence-corrected chi connectivity index (χ4v) is 3.57. The number of guanidine groups is 1. The maximum Gasteiger partial charge on any atom is 0.205 e. The van der Waals surface area contributed by atoms with Crippen LogP contribution in [0, 0.1) is 5.41 Å². The highest BCUT2D eigenvalue weighted by Gasteiger charge is 2.48. The molecule has 1 aromatic carbocycles. The Balaban J connectivity index is 2.34. The van der Waals surface area contributed by atoms with Crippen LogP contribution in [0.2, 0.25) is 5.02 Å². The number of hydrogen-bond donors (Lipinski definition) is 4. The molecule has 0 bridgehead atoms. The number of nitrogens with zero attached hydrogens (tertiary/aromatic N) is 1. The van der Waals surface area contributed by atoms with Crippen molar-refractivity contribution in [1.29, 1.82) is 5.41 Å². The molecule has 1 heterocycles. The first-order valence-corrected chi connectivity index (χ1v) is 9.62. The molecule has 3 atom stereocenters. The number of benzene rings is 1. The molecule has 0 saturated carbocycles. The molecule has 0 fully saturated rings. The average molecular weight is 394 g/mol. The van der Waals surface area contributed by atoms with Gasteiger partial charge in [-0.1, -0.05) is 43.6 Å². The van der Waals surface area contributed by atoms with E-state index in [1.54, 1.807) is 6.07 Å². The zero-order valence-electron chi connectivity index (χ0n) is 15.8. The van der Waals surface area contributed by atoms with Gasteiger partial charge < -0.3 is 21.5 Å². The van der Waals surface area contributed by atoms with E-state index >= 15 is 0 Å². The SMILES string of the molecule is CCC1OC([C@@H](N)CCCNC(=N)N)=NC(CC)(c2ccccc2Cl)C1=O. The van der Waals surface area contributed by atoms with Gasteiger partial charge in [-0.05, 0) is 31.7 Å². The predicted molar refractivity (Wildman–Crippen MR) is 108 cm³/mol. The maximum absolute atomic E-state index is 13.2. The van der Waals surface area contributed by atoms with Crippen LogP contribution in [0.15, 0.2) is 29.3 Å². The van der Waals surface area contributed by atoms with Crippen molar-refractivity contribution in [2.45, 2.75) is 57.2 Å². The number of nitrogens with one attached hydrogen (secondary N) is 2. The third kappa shape index (κ3) is 4.59. The molecule has 0 spiro atoms. The van der Waals surface area contributed by atoms with E-state index in [0.717, 1.165) is 0 Å². The molecule has 2 rings (SSSR count). The van der Waals surface area contributed by atoms with Gasteiger partial charge in [-0.3, -0.25) is 10.2 Å². The Kier molecular flexibility index (Phi) is 7.21. The molecular formula is C19H28ClN5O2. The van der Waals surface area contributed by atoms with Crippen LogP contribution in [0.3, 0.4) is 0 Å². The molecule has 148 valence electrons. The Morgan fingerprint density at radius 1 is 1.44 bits per heavy atom. The van der Waals surface area contributed by atoms with Crippen LogP contribution < -0.4 is 16.8 Å². The molecule has 0 aliphatic carbocycles. The maximum atomic E-state index is 13.2. The quantitative estimate of drug-likeness (QED) is 0.306. The van der Waals surface area contributed by atoms with E-state index in [2.05, 4.69) is 5.32 Å². The smallest absolute Gasteiger partial charge is 0.205 e. The molecule has 1 aliphatic rings. The Morgan fingerprint density at radius 2 is 2.15 bits per heavy atom. The van der Waals surface area contributed by atoms with Gasteiger partial charge in [0.2, 0.25) is 11.7 Å². The fourth-order valence-electron chi connectivity index (χ4n) is 3.28. The van der Waals surface area contributed by atoms with Gasteiger partial charge in [0.05, 0.1) is 6.04 Å². The second kappa shape index (κ2) is 9.19. The number of nitrogens with two attached hydrogens (primary N) is 2. The highest BCUT2D eigenvalue weighted by molar-refractivity contribution is 6.32. The number of halogens is 1. The van der Waals surface area contributed by atoms with E-state index < -0.39 is 17.7 Å². The van der Waals surface area contributed by atoms with Gasteiger partial charge in [0.25, 0.3) is 0 Å². The van der Waals surface area contributed by atoms with Gasteiger partial charge >= 0.3 is 0 Å². The second-order valence-electron chi connectivity index (χ2n) is 6.61. The normalized spacial score (nSPS) is 23.3. The summed E-state index contributed by atoms with van der Waals surface area (Å²) in [6.45, 7) is 4.36. The molecule has 1 aliphatic heterocycles. The largest absolute Gasteiger partial charge is 0.468 e. The number of ether oxygens (including phenoxy) is 1. The summed E-state index contributed by atoms with van der Waals surface area (Å²) in [6, 6.07) is 6.83. The van der Waals surface area contributed by atoms with Crippen LogP contribution in [0.4, 0.5) is 0 Å². The molecule has 7 nitrogen and oxygen atoms in total. The third-order valence-electron chi connectivity index (χ3n) is 4.79. The van der Waals surface area contributed by atoms with Crippen molar-refractivity contribution in [1.82, 2.24) is 5.32 Å². The Bertz CT molecular complexity index is 724. The van der Waals surface area contributed by atoms with Crippen LogP contribution in [-0.4, -0.2) is 36.3 Å². The van der Waals surface area contributed by atoms with E-state index in [9.17, 15) is 4.79 Å². The molecule has 0 amide bonds. The van der Waals surface area contributed by atoms with E-state index in [1.807, 2.05) is 32.0 Å². The number of Topliss-reactive ketones (excluding diaryl/α,β-unsaturated/α-hetero) is 1. The lowest BCUT2D eigenvalue weighted by Crippen LogP contribution is -2.51. The standard InChI is InChI=1S/C19H28ClN5O2/c1-3-15-16(26)19(4-2,12-8-5-6-9-13(12)20)25-17(27-15)14(21)10-7-11-24-18(22)23/h5-6,8-9,14-15H,3-4,7,10-11,21H2,1-2H3,(H4,22,23,24)/t14-,15?,19?/m0/s1. The zero-order chi connectivity index (χ0) is 20.0. The zero-order valence-corrected chi connectivity index (χ0v) is 16.6. The van der Waals surface area contributed by atoms with E-state index in [0.29, 0.717) is 48.7 Å². The number of rotatable bonds is 8. The summed E-state index contributed by atoms with van der Waals surface area (Å²) in [4.78, 5) is 17.9. The summed E-state index contributed by atoms with van der Waals surface area (Å²) in [7, 11) is 0. The van der Waals surface area contributed by atoms with Crippen LogP contribution >= 0.6 is 11.6 Å². The first kappa shape index (κ1) is 21.2. The minimum atomic E-state index is -1.08. The highest BCUT2D eigenvalue weighted by atomic mass is 35.5. The first-order chi connectivity index (χ1) is 12.9. The summed E-state index contributed by atoms with van der Waals surface area (Å²) in [5.74, 6) is 0.219. The van der Waals surface area contributed by atoms with Crippen molar-refractivity contribution in [3.8, 4) is 0 Å². The van der Waals surface area contributed by atoms with Crippen molar-refractivity contribution < 1.29 is 9.53 Å². The van der Waals surface area contributed by atoms with Crippen molar-refractivity contribution in [2.24, 2.45) is 16.5 Å². The van der Waals surface area contributed by atoms with Gasteiger partial charge in [0.15, 0.2) is 17.6 Å². The Morgan fingerprint density at radius 3 is 2.74 bits per heavy atom. The molecule has 8 heteroatoms. The van der Waals surface area contributed by atoms with Crippen molar-refractivity contribution in [2.75, 3.05) is 6.54 Å². The Hall–Kier alpha value is -2.12. The number of ketones is 1. The first-order valence-electron chi connectivity index (χ1n) is 9.24. The molecular weight excluding hydrogens is 366 g/mol. The monoisotopic (exact) mass is 393 g/mol. The van der Waals surface area contributed by atoms with Crippen molar-refractivity contribution >= 4 is 29.2 Å². The summed E-state index contributed by atoms with van der Waals surface area (Å²) in [5, 5.41) is 10.4. The van der Waals surface area contributed by atoms with E-state index in [-0.39, 0.29) is 11.7 Å². The van der Waals surface area contributed by atoms with Crippen LogP contribution in [0.25, 0.3) is 0 Å². The molecule has 6 N–H and O–H groups in total. The Labute approximate surface area is 165 Å². The fraction of sp³-hybridized carbons (Fsp3) is 0.526. The second-order valence-corrected chi connectivity index (χ2v) is 7.02. The third-order valence-corrected chi connectivity index (χ3v) is 5.12. The van der Waals surface area contributed by atoms with Gasteiger partial charge in [0.1, 0.15) is 0 Å². The molecule has 2 unspecified atom stereocenters. The lowest BCUT2D eigenvalue weighted by Gasteiger charge is -2.38. The number of hydrogen-bond acceptors (Lipinski definition) is 5.